The van der Waals surface area contributed by atoms with Crippen molar-refractivity contribution in [2.75, 3.05) is 5.32 Å². The van der Waals surface area contributed by atoms with Crippen LogP contribution in [0.15, 0.2) is 6.20 Å². The first kappa shape index (κ1) is 13.6. The number of nitrogens with one attached hydrogen (secondary N) is 1. The fourth-order valence-corrected chi connectivity index (χ4v) is 3.29. The van der Waals surface area contributed by atoms with Crippen LogP contribution in [0.25, 0.3) is 0 Å². The highest BCUT2D eigenvalue weighted by atomic mass is 16.2. The molecule has 0 saturated heterocycles. The van der Waals surface area contributed by atoms with Crippen LogP contribution in [0, 0.1) is 12.8 Å². The molecule has 20 heavy (non-hydrogen) atoms. The third-order valence-electron chi connectivity index (χ3n) is 4.93. The highest BCUT2D eigenvalue weighted by molar-refractivity contribution is 5.95. The van der Waals surface area contributed by atoms with E-state index in [1.807, 2.05) is 6.92 Å². The normalized spacial score (nSPS) is 21.7. The molecule has 1 amide bonds. The first-order valence-electron chi connectivity index (χ1n) is 7.77. The summed E-state index contributed by atoms with van der Waals surface area (Å²) in [4.78, 5) is 12.2. The second kappa shape index (κ2) is 5.56. The molecule has 0 bridgehead atoms. The van der Waals surface area contributed by atoms with Crippen LogP contribution in [0.3, 0.4) is 0 Å². The van der Waals surface area contributed by atoms with Gasteiger partial charge in [-0.15, -0.1) is 0 Å². The molecule has 2 fully saturated rings. The fraction of sp³-hybridized carbons (Fsp3) is 0.733. The molecule has 3 N–H and O–H groups in total. The van der Waals surface area contributed by atoms with E-state index in [0.29, 0.717) is 12.0 Å². The van der Waals surface area contributed by atoms with Gasteiger partial charge in [-0.3, -0.25) is 9.48 Å². The highest BCUT2D eigenvalue weighted by Gasteiger charge is 2.30. The van der Waals surface area contributed by atoms with Crippen LogP contribution in [0.4, 0.5) is 5.69 Å². The quantitative estimate of drug-likeness (QED) is 0.886. The molecular formula is C15H24N4O. The number of hydrogen-bond donors (Lipinski definition) is 2. The summed E-state index contributed by atoms with van der Waals surface area (Å²) in [6.07, 6.45) is 10.1. The minimum absolute atomic E-state index is 0.0660. The number of hydrogen-bond acceptors (Lipinski definition) is 3. The number of nitrogens with two attached hydrogens (primary N) is 1. The number of rotatable bonds is 4. The van der Waals surface area contributed by atoms with Crippen LogP contribution < -0.4 is 11.1 Å². The van der Waals surface area contributed by atoms with Crippen molar-refractivity contribution in [1.82, 2.24) is 9.78 Å². The lowest BCUT2D eigenvalue weighted by molar-refractivity contribution is -0.119. The number of carbonyl (C=O) groups is 1. The zero-order chi connectivity index (χ0) is 14.1. The second-order valence-corrected chi connectivity index (χ2v) is 6.23. The molecule has 1 aromatic rings. The van der Waals surface area contributed by atoms with Gasteiger partial charge in [0.05, 0.1) is 29.7 Å². The summed E-state index contributed by atoms with van der Waals surface area (Å²) < 4.78 is 2.07. The molecule has 110 valence electrons. The highest BCUT2D eigenvalue weighted by Crippen LogP contribution is 2.32. The molecule has 0 spiro atoms. The van der Waals surface area contributed by atoms with E-state index in [4.69, 9.17) is 5.73 Å². The smallest absolute Gasteiger partial charge is 0.241 e. The zero-order valence-corrected chi connectivity index (χ0v) is 12.1. The topological polar surface area (TPSA) is 72.9 Å². The molecule has 3 rings (SSSR count). The van der Waals surface area contributed by atoms with Crippen LogP contribution in [-0.4, -0.2) is 21.7 Å². The van der Waals surface area contributed by atoms with E-state index in [1.165, 1.54) is 32.1 Å². The summed E-state index contributed by atoms with van der Waals surface area (Å²) in [6.45, 7) is 2.02. The Kier molecular flexibility index (Phi) is 3.78. The lowest BCUT2D eigenvalue weighted by atomic mass is 9.80. The molecule has 5 heteroatoms. The fourth-order valence-electron chi connectivity index (χ4n) is 3.29. The minimum atomic E-state index is -0.377. The molecule has 2 saturated carbocycles. The SMILES string of the molecule is Cc1c(NC(=O)C(N)C2CCC2)cnn1C1CCCC1. The summed E-state index contributed by atoms with van der Waals surface area (Å²) in [5, 5.41) is 7.41. The molecule has 0 aliphatic heterocycles. The summed E-state index contributed by atoms with van der Waals surface area (Å²) in [5.74, 6) is 0.295. The minimum Gasteiger partial charge on any atom is -0.322 e. The predicted molar refractivity (Wildman–Crippen MR) is 78.4 cm³/mol. The van der Waals surface area contributed by atoms with Crippen LogP contribution in [-0.2, 0) is 4.79 Å². The Labute approximate surface area is 119 Å². The first-order valence-corrected chi connectivity index (χ1v) is 7.77. The van der Waals surface area contributed by atoms with E-state index in [-0.39, 0.29) is 11.9 Å². The largest absolute Gasteiger partial charge is 0.322 e. The molecule has 5 nitrogen and oxygen atoms in total. The van der Waals surface area contributed by atoms with Gasteiger partial charge in [0.15, 0.2) is 0 Å². The molecule has 1 unspecified atom stereocenters. The molecule has 1 heterocycles. The van der Waals surface area contributed by atoms with E-state index < -0.39 is 0 Å². The van der Waals surface area contributed by atoms with Gasteiger partial charge >= 0.3 is 0 Å². The van der Waals surface area contributed by atoms with Gasteiger partial charge in [-0.1, -0.05) is 19.3 Å². The second-order valence-electron chi connectivity index (χ2n) is 6.23. The van der Waals surface area contributed by atoms with Gasteiger partial charge in [0.1, 0.15) is 0 Å². The molecule has 0 radical (unpaired) electrons. The summed E-state index contributed by atoms with van der Waals surface area (Å²) in [6, 6.07) is 0.124. The van der Waals surface area contributed by atoms with Crippen molar-refractivity contribution in [3.63, 3.8) is 0 Å². The van der Waals surface area contributed by atoms with Crippen molar-refractivity contribution < 1.29 is 4.79 Å². The maximum absolute atomic E-state index is 12.2. The molecule has 2 aliphatic rings. The summed E-state index contributed by atoms with van der Waals surface area (Å²) in [5.41, 5.74) is 7.87. The Morgan fingerprint density at radius 1 is 1.35 bits per heavy atom. The third-order valence-corrected chi connectivity index (χ3v) is 4.93. The van der Waals surface area contributed by atoms with Gasteiger partial charge < -0.3 is 11.1 Å². The average Bonchev–Trinajstić information content (AvgIpc) is 2.98. The maximum atomic E-state index is 12.2. The van der Waals surface area contributed by atoms with Crippen LogP contribution >= 0.6 is 0 Å². The van der Waals surface area contributed by atoms with Crippen molar-refractivity contribution >= 4 is 11.6 Å². The molecule has 0 aromatic carbocycles. The number of aromatic nitrogens is 2. The number of amides is 1. The monoisotopic (exact) mass is 276 g/mol. The van der Waals surface area contributed by atoms with E-state index >= 15 is 0 Å². The van der Waals surface area contributed by atoms with Crippen molar-refractivity contribution in [1.29, 1.82) is 0 Å². The number of anilines is 1. The lowest BCUT2D eigenvalue weighted by Crippen LogP contribution is -2.44. The lowest BCUT2D eigenvalue weighted by Gasteiger charge is -2.30. The molecule has 1 atom stereocenters. The predicted octanol–water partition coefficient (Wildman–Crippen LogP) is 2.37. The van der Waals surface area contributed by atoms with E-state index in [9.17, 15) is 4.79 Å². The van der Waals surface area contributed by atoms with E-state index in [2.05, 4.69) is 15.1 Å². The Morgan fingerprint density at radius 3 is 2.65 bits per heavy atom. The summed E-state index contributed by atoms with van der Waals surface area (Å²) >= 11 is 0. The Bertz CT molecular complexity index is 486. The van der Waals surface area contributed by atoms with Gasteiger partial charge in [-0.05, 0) is 38.5 Å². The maximum Gasteiger partial charge on any atom is 0.241 e. The van der Waals surface area contributed by atoms with Gasteiger partial charge in [0, 0.05) is 0 Å². The van der Waals surface area contributed by atoms with Gasteiger partial charge in [0.2, 0.25) is 5.91 Å². The number of carbonyl (C=O) groups excluding carboxylic acids is 1. The van der Waals surface area contributed by atoms with Crippen molar-refractivity contribution in [3.05, 3.63) is 11.9 Å². The van der Waals surface area contributed by atoms with Gasteiger partial charge in [-0.25, -0.2) is 0 Å². The van der Waals surface area contributed by atoms with E-state index in [0.717, 1.165) is 24.2 Å². The van der Waals surface area contributed by atoms with Gasteiger partial charge in [-0.2, -0.15) is 5.10 Å². The van der Waals surface area contributed by atoms with Gasteiger partial charge in [0.25, 0.3) is 0 Å². The van der Waals surface area contributed by atoms with Crippen molar-refractivity contribution in [3.8, 4) is 0 Å². The summed E-state index contributed by atoms with van der Waals surface area (Å²) in [7, 11) is 0. The third kappa shape index (κ3) is 2.46. The number of nitrogens with zero attached hydrogens (tertiary/aromatic N) is 2. The molecule has 2 aliphatic carbocycles. The average molecular weight is 276 g/mol. The Hall–Kier alpha value is -1.36. The van der Waals surface area contributed by atoms with Crippen LogP contribution in [0.2, 0.25) is 0 Å². The Morgan fingerprint density at radius 2 is 2.05 bits per heavy atom. The van der Waals surface area contributed by atoms with E-state index in [1.54, 1.807) is 6.20 Å². The van der Waals surface area contributed by atoms with Crippen LogP contribution in [0.5, 0.6) is 0 Å². The standard InChI is InChI=1S/C15H24N4O/c1-10-13(9-17-19(10)12-7-2-3-8-12)18-15(20)14(16)11-5-4-6-11/h9,11-12,14H,2-8,16H2,1H3,(H,18,20). The first-order chi connectivity index (χ1) is 9.66. The molecular weight excluding hydrogens is 252 g/mol. The van der Waals surface area contributed by atoms with Crippen LogP contribution in [0.1, 0.15) is 56.7 Å². The Balaban J connectivity index is 1.66. The van der Waals surface area contributed by atoms with Crippen molar-refractivity contribution in [2.45, 2.75) is 64.0 Å². The molecule has 1 aromatic heterocycles. The zero-order valence-electron chi connectivity index (χ0n) is 12.1. The van der Waals surface area contributed by atoms with Crippen molar-refractivity contribution in [2.24, 2.45) is 11.7 Å².